The molecule has 2 nitrogen and oxygen atoms in total. The lowest BCUT2D eigenvalue weighted by molar-refractivity contribution is 0.454. The van der Waals surface area contributed by atoms with E-state index < -0.39 is 0 Å². The minimum absolute atomic E-state index is 0.329. The number of benzene rings is 2. The third-order valence-electron chi connectivity index (χ3n) is 3.17. The molecule has 0 aromatic heterocycles. The van der Waals surface area contributed by atoms with Gasteiger partial charge in [-0.2, -0.15) is 0 Å². The number of ether oxygens (including phenoxy) is 1. The van der Waals surface area contributed by atoms with Gasteiger partial charge in [-0.25, -0.2) is 8.78 Å². The van der Waals surface area contributed by atoms with Gasteiger partial charge in [-0.15, -0.1) is 0 Å². The van der Waals surface area contributed by atoms with Crippen molar-refractivity contribution >= 4 is 0 Å². The number of aryl methyl sites for hydroxylation is 1. The Morgan fingerprint density at radius 1 is 1.10 bits per heavy atom. The highest BCUT2D eigenvalue weighted by molar-refractivity contribution is 5.41. The quantitative estimate of drug-likeness (QED) is 0.787. The molecule has 0 aliphatic rings. The van der Waals surface area contributed by atoms with E-state index in [1.807, 2.05) is 13.8 Å². The summed E-state index contributed by atoms with van der Waals surface area (Å²) in [7, 11) is 0. The Bertz CT molecular complexity index is 614. The van der Waals surface area contributed by atoms with Crippen LogP contribution in [0.2, 0.25) is 0 Å². The first-order chi connectivity index (χ1) is 10.1. The molecule has 0 radical (unpaired) electrons. The maximum atomic E-state index is 14.0. The van der Waals surface area contributed by atoms with Crippen LogP contribution in [0.3, 0.4) is 0 Å². The molecule has 0 saturated carbocycles. The smallest absolute Gasteiger partial charge is 0.134 e. The predicted octanol–water partition coefficient (Wildman–Crippen LogP) is 4.57. The van der Waals surface area contributed by atoms with Crippen molar-refractivity contribution in [2.75, 3.05) is 6.54 Å². The van der Waals surface area contributed by atoms with Crippen LogP contribution in [0, 0.1) is 18.6 Å². The van der Waals surface area contributed by atoms with Gasteiger partial charge in [0.15, 0.2) is 0 Å². The number of halogens is 2. The topological polar surface area (TPSA) is 21.3 Å². The molecule has 0 saturated heterocycles. The Morgan fingerprint density at radius 3 is 2.67 bits per heavy atom. The van der Waals surface area contributed by atoms with Gasteiger partial charge < -0.3 is 10.1 Å². The Balaban J connectivity index is 2.26. The van der Waals surface area contributed by atoms with Crippen LogP contribution in [0.25, 0.3) is 0 Å². The van der Waals surface area contributed by atoms with Gasteiger partial charge in [-0.1, -0.05) is 19.1 Å². The van der Waals surface area contributed by atoms with E-state index in [1.54, 1.807) is 18.2 Å². The molecule has 2 rings (SSSR count). The fraction of sp³-hybridized carbons (Fsp3) is 0.294. The van der Waals surface area contributed by atoms with Crippen molar-refractivity contribution in [2.45, 2.75) is 26.8 Å². The molecular formula is C17H19F2NO. The third kappa shape index (κ3) is 4.02. The van der Waals surface area contributed by atoms with E-state index in [0.717, 1.165) is 18.5 Å². The van der Waals surface area contributed by atoms with Crippen molar-refractivity contribution in [3.8, 4) is 11.5 Å². The summed E-state index contributed by atoms with van der Waals surface area (Å²) in [5.74, 6) is 0.104. The first-order valence-electron chi connectivity index (χ1n) is 7.04. The second-order valence-corrected chi connectivity index (χ2v) is 4.91. The van der Waals surface area contributed by atoms with Crippen molar-refractivity contribution in [1.82, 2.24) is 5.32 Å². The molecule has 21 heavy (non-hydrogen) atoms. The van der Waals surface area contributed by atoms with Gasteiger partial charge in [-0.3, -0.25) is 0 Å². The average Bonchev–Trinajstić information content (AvgIpc) is 2.46. The number of hydrogen-bond donors (Lipinski definition) is 1. The molecule has 0 fully saturated rings. The summed E-state index contributed by atoms with van der Waals surface area (Å²) in [6.45, 7) is 5.04. The maximum absolute atomic E-state index is 14.0. The van der Waals surface area contributed by atoms with Crippen molar-refractivity contribution in [2.24, 2.45) is 0 Å². The highest BCUT2D eigenvalue weighted by Gasteiger charge is 2.11. The molecule has 0 spiro atoms. The lowest BCUT2D eigenvalue weighted by atomic mass is 10.1. The minimum atomic E-state index is -0.377. The zero-order chi connectivity index (χ0) is 15.2. The van der Waals surface area contributed by atoms with Crippen LogP contribution in [0.5, 0.6) is 11.5 Å². The van der Waals surface area contributed by atoms with Crippen LogP contribution in [-0.2, 0) is 6.54 Å². The fourth-order valence-corrected chi connectivity index (χ4v) is 2.00. The Kier molecular flexibility index (Phi) is 5.28. The second kappa shape index (κ2) is 7.18. The Morgan fingerprint density at radius 2 is 1.90 bits per heavy atom. The summed E-state index contributed by atoms with van der Waals surface area (Å²) < 4.78 is 33.0. The maximum Gasteiger partial charge on any atom is 0.134 e. The monoisotopic (exact) mass is 291 g/mol. The van der Waals surface area contributed by atoms with Crippen LogP contribution >= 0.6 is 0 Å². The summed E-state index contributed by atoms with van der Waals surface area (Å²) in [6.07, 6.45) is 0.966. The second-order valence-electron chi connectivity index (χ2n) is 4.91. The Labute approximate surface area is 123 Å². The van der Waals surface area contributed by atoms with E-state index in [9.17, 15) is 8.78 Å². The largest absolute Gasteiger partial charge is 0.457 e. The molecular weight excluding hydrogens is 272 g/mol. The van der Waals surface area contributed by atoms with E-state index in [2.05, 4.69) is 5.32 Å². The van der Waals surface area contributed by atoms with Crippen molar-refractivity contribution < 1.29 is 13.5 Å². The minimum Gasteiger partial charge on any atom is -0.457 e. The molecule has 0 heterocycles. The molecule has 0 aliphatic carbocycles. The van der Waals surface area contributed by atoms with Gasteiger partial charge >= 0.3 is 0 Å². The van der Waals surface area contributed by atoms with Gasteiger partial charge in [0.2, 0.25) is 0 Å². The molecule has 4 heteroatoms. The standard InChI is InChI=1S/C17H19F2NO/c1-3-9-20-11-14-15(19)5-4-6-16(14)21-17-10-13(18)8-7-12(17)2/h4-8,10,20H,3,9,11H2,1-2H3. The average molecular weight is 291 g/mol. The molecule has 0 atom stereocenters. The molecule has 2 aromatic rings. The summed E-state index contributed by atoms with van der Waals surface area (Å²) in [5, 5.41) is 3.15. The van der Waals surface area contributed by atoms with E-state index >= 15 is 0 Å². The van der Waals surface area contributed by atoms with E-state index in [-0.39, 0.29) is 11.6 Å². The molecule has 2 aromatic carbocycles. The zero-order valence-electron chi connectivity index (χ0n) is 12.2. The van der Waals surface area contributed by atoms with Gasteiger partial charge in [0, 0.05) is 18.2 Å². The first-order valence-corrected chi connectivity index (χ1v) is 7.04. The number of rotatable bonds is 6. The van der Waals surface area contributed by atoms with Crippen LogP contribution < -0.4 is 10.1 Å². The van der Waals surface area contributed by atoms with Crippen LogP contribution in [-0.4, -0.2) is 6.54 Å². The summed E-state index contributed by atoms with van der Waals surface area (Å²) in [4.78, 5) is 0. The molecule has 0 unspecified atom stereocenters. The van der Waals surface area contributed by atoms with E-state index in [0.29, 0.717) is 23.6 Å². The summed E-state index contributed by atoms with van der Waals surface area (Å²) in [6, 6.07) is 8.99. The molecule has 0 bridgehead atoms. The first kappa shape index (κ1) is 15.4. The summed E-state index contributed by atoms with van der Waals surface area (Å²) in [5.41, 5.74) is 1.25. The van der Waals surface area contributed by atoms with Gasteiger partial charge in [-0.05, 0) is 43.7 Å². The van der Waals surface area contributed by atoms with Crippen LogP contribution in [0.15, 0.2) is 36.4 Å². The van der Waals surface area contributed by atoms with Crippen LogP contribution in [0.4, 0.5) is 8.78 Å². The van der Waals surface area contributed by atoms with Crippen molar-refractivity contribution in [3.05, 3.63) is 59.2 Å². The molecule has 1 N–H and O–H groups in total. The molecule has 0 aliphatic heterocycles. The highest BCUT2D eigenvalue weighted by atomic mass is 19.1. The lowest BCUT2D eigenvalue weighted by Crippen LogP contribution is -2.15. The van der Waals surface area contributed by atoms with Crippen LogP contribution in [0.1, 0.15) is 24.5 Å². The van der Waals surface area contributed by atoms with E-state index in [4.69, 9.17) is 4.74 Å². The number of nitrogens with one attached hydrogen (secondary N) is 1. The highest BCUT2D eigenvalue weighted by Crippen LogP contribution is 2.29. The third-order valence-corrected chi connectivity index (χ3v) is 3.17. The number of hydrogen-bond acceptors (Lipinski definition) is 2. The molecule has 0 amide bonds. The van der Waals surface area contributed by atoms with Crippen molar-refractivity contribution in [1.29, 1.82) is 0 Å². The predicted molar refractivity (Wildman–Crippen MR) is 79.6 cm³/mol. The van der Waals surface area contributed by atoms with Gasteiger partial charge in [0.1, 0.15) is 23.1 Å². The SMILES string of the molecule is CCCNCc1c(F)cccc1Oc1cc(F)ccc1C. The molecule has 112 valence electrons. The van der Waals surface area contributed by atoms with Gasteiger partial charge in [0.25, 0.3) is 0 Å². The van der Waals surface area contributed by atoms with Gasteiger partial charge in [0.05, 0.1) is 0 Å². The Hall–Kier alpha value is -1.94. The van der Waals surface area contributed by atoms with Crippen molar-refractivity contribution in [3.63, 3.8) is 0 Å². The summed E-state index contributed by atoms with van der Waals surface area (Å²) >= 11 is 0. The lowest BCUT2D eigenvalue weighted by Gasteiger charge is -2.14. The zero-order valence-corrected chi connectivity index (χ0v) is 12.2. The fourth-order valence-electron chi connectivity index (χ4n) is 2.00. The van der Waals surface area contributed by atoms with E-state index in [1.165, 1.54) is 18.2 Å². The normalized spacial score (nSPS) is 10.7.